The highest BCUT2D eigenvalue weighted by atomic mass is 15.0. The van der Waals surface area contributed by atoms with Gasteiger partial charge in [0, 0.05) is 6.04 Å². The lowest BCUT2D eigenvalue weighted by Gasteiger charge is -2.48. The standard InChI is InChI=1S/C11H19N/c1-2-12-10-6-9-7-3-4-8(5-7)11(9)10/h7-12H,2-6H2,1H3/t7?,8?,9-,10-,11+/m1/s1. The minimum atomic E-state index is 0.912. The van der Waals surface area contributed by atoms with Gasteiger partial charge in [-0.2, -0.15) is 0 Å². The molecule has 0 spiro atoms. The number of fused-ring (bicyclic) bond motifs is 5. The summed E-state index contributed by atoms with van der Waals surface area (Å²) in [6, 6.07) is 0.912. The third-order valence-corrected chi connectivity index (χ3v) is 4.61. The Hall–Kier alpha value is -0.0400. The van der Waals surface area contributed by atoms with Crippen LogP contribution < -0.4 is 5.32 Å². The van der Waals surface area contributed by atoms with E-state index in [1.165, 1.54) is 13.0 Å². The van der Waals surface area contributed by atoms with Crippen molar-refractivity contribution in [2.45, 2.75) is 38.6 Å². The van der Waals surface area contributed by atoms with Gasteiger partial charge in [0.1, 0.15) is 0 Å². The molecule has 68 valence electrons. The zero-order valence-corrected chi connectivity index (χ0v) is 7.92. The average Bonchev–Trinajstić information content (AvgIpc) is 2.54. The molecule has 1 N–H and O–H groups in total. The van der Waals surface area contributed by atoms with E-state index >= 15 is 0 Å². The maximum atomic E-state index is 3.64. The second kappa shape index (κ2) is 2.47. The summed E-state index contributed by atoms with van der Waals surface area (Å²) in [5, 5.41) is 3.64. The molecule has 1 heteroatoms. The predicted octanol–water partition coefficient (Wildman–Crippen LogP) is 2.03. The minimum Gasteiger partial charge on any atom is -0.314 e. The second-order valence-electron chi connectivity index (χ2n) is 4.97. The largest absolute Gasteiger partial charge is 0.314 e. The summed E-state index contributed by atoms with van der Waals surface area (Å²) in [4.78, 5) is 0. The lowest BCUT2D eigenvalue weighted by molar-refractivity contribution is 0.0509. The van der Waals surface area contributed by atoms with Crippen LogP contribution in [-0.2, 0) is 0 Å². The van der Waals surface area contributed by atoms with Crippen LogP contribution in [0.25, 0.3) is 0 Å². The highest BCUT2D eigenvalue weighted by Crippen LogP contribution is 2.60. The van der Waals surface area contributed by atoms with Crippen molar-refractivity contribution in [2.24, 2.45) is 23.7 Å². The Morgan fingerprint density at radius 3 is 2.75 bits per heavy atom. The Morgan fingerprint density at radius 2 is 2.00 bits per heavy atom. The normalized spacial score (nSPS) is 55.2. The number of hydrogen-bond donors (Lipinski definition) is 1. The first kappa shape index (κ1) is 7.37. The first-order valence-corrected chi connectivity index (χ1v) is 5.63. The number of nitrogens with one attached hydrogen (secondary N) is 1. The third-order valence-electron chi connectivity index (χ3n) is 4.61. The van der Waals surface area contributed by atoms with Crippen molar-refractivity contribution in [3.63, 3.8) is 0 Å². The quantitative estimate of drug-likeness (QED) is 0.660. The lowest BCUT2D eigenvalue weighted by atomic mass is 9.62. The predicted molar refractivity (Wildman–Crippen MR) is 49.9 cm³/mol. The van der Waals surface area contributed by atoms with Crippen LogP contribution in [0.2, 0.25) is 0 Å². The summed E-state index contributed by atoms with van der Waals surface area (Å²) in [5.41, 5.74) is 0. The molecule has 0 aliphatic heterocycles. The Bertz CT molecular complexity index is 187. The molecule has 3 saturated carbocycles. The maximum absolute atomic E-state index is 3.64. The van der Waals surface area contributed by atoms with Crippen molar-refractivity contribution in [3.05, 3.63) is 0 Å². The summed E-state index contributed by atoms with van der Waals surface area (Å²) in [7, 11) is 0. The lowest BCUT2D eigenvalue weighted by Crippen LogP contribution is -2.52. The Balaban J connectivity index is 1.70. The molecule has 0 saturated heterocycles. The zero-order valence-electron chi connectivity index (χ0n) is 7.92. The molecule has 0 aromatic carbocycles. The van der Waals surface area contributed by atoms with Gasteiger partial charge < -0.3 is 5.32 Å². The van der Waals surface area contributed by atoms with Crippen LogP contribution >= 0.6 is 0 Å². The molecule has 1 nitrogen and oxygen atoms in total. The van der Waals surface area contributed by atoms with E-state index in [9.17, 15) is 0 Å². The van der Waals surface area contributed by atoms with Crippen LogP contribution in [0, 0.1) is 23.7 Å². The van der Waals surface area contributed by atoms with E-state index in [1.54, 1.807) is 19.3 Å². The van der Waals surface area contributed by atoms with E-state index in [-0.39, 0.29) is 0 Å². The Labute approximate surface area is 74.9 Å². The third kappa shape index (κ3) is 0.783. The van der Waals surface area contributed by atoms with Crippen LogP contribution in [0.3, 0.4) is 0 Å². The van der Waals surface area contributed by atoms with E-state index in [0.717, 1.165) is 29.7 Å². The van der Waals surface area contributed by atoms with Gasteiger partial charge in [0.25, 0.3) is 0 Å². The molecule has 3 aliphatic carbocycles. The van der Waals surface area contributed by atoms with Gasteiger partial charge in [-0.05, 0) is 55.9 Å². The molecule has 12 heavy (non-hydrogen) atoms. The van der Waals surface area contributed by atoms with Gasteiger partial charge in [-0.1, -0.05) is 6.92 Å². The number of hydrogen-bond acceptors (Lipinski definition) is 1. The van der Waals surface area contributed by atoms with Gasteiger partial charge in [-0.15, -0.1) is 0 Å². The van der Waals surface area contributed by atoms with E-state index in [0.29, 0.717) is 0 Å². The summed E-state index contributed by atoms with van der Waals surface area (Å²) < 4.78 is 0. The van der Waals surface area contributed by atoms with Crippen molar-refractivity contribution in [3.8, 4) is 0 Å². The van der Waals surface area contributed by atoms with Crippen molar-refractivity contribution < 1.29 is 0 Å². The van der Waals surface area contributed by atoms with Crippen molar-refractivity contribution >= 4 is 0 Å². The van der Waals surface area contributed by atoms with Gasteiger partial charge >= 0.3 is 0 Å². The average molecular weight is 165 g/mol. The van der Waals surface area contributed by atoms with Crippen molar-refractivity contribution in [2.75, 3.05) is 6.54 Å². The monoisotopic (exact) mass is 165 g/mol. The SMILES string of the molecule is CCN[C@@H]1C[C@@H]2C3CCC(C3)[C@@H]21. The molecule has 0 radical (unpaired) electrons. The summed E-state index contributed by atoms with van der Waals surface area (Å²) in [6.45, 7) is 3.41. The molecule has 3 fully saturated rings. The summed E-state index contributed by atoms with van der Waals surface area (Å²) >= 11 is 0. The van der Waals surface area contributed by atoms with E-state index in [4.69, 9.17) is 0 Å². The molecule has 0 amide bonds. The number of rotatable bonds is 2. The molecule has 5 atom stereocenters. The van der Waals surface area contributed by atoms with Gasteiger partial charge in [0.2, 0.25) is 0 Å². The van der Waals surface area contributed by atoms with Crippen LogP contribution in [0.1, 0.15) is 32.6 Å². The second-order valence-corrected chi connectivity index (χ2v) is 4.97. The van der Waals surface area contributed by atoms with Crippen LogP contribution in [0.15, 0.2) is 0 Å². The molecular weight excluding hydrogens is 146 g/mol. The fourth-order valence-electron chi connectivity index (χ4n) is 4.17. The minimum absolute atomic E-state index is 0.912. The summed E-state index contributed by atoms with van der Waals surface area (Å²) in [6.07, 6.45) is 6.19. The van der Waals surface area contributed by atoms with E-state index < -0.39 is 0 Å². The molecule has 3 aliphatic rings. The highest BCUT2D eigenvalue weighted by molar-refractivity contribution is 5.08. The summed E-state index contributed by atoms with van der Waals surface area (Å²) in [5.74, 6) is 4.52. The highest BCUT2D eigenvalue weighted by Gasteiger charge is 2.56. The topological polar surface area (TPSA) is 12.0 Å². The Morgan fingerprint density at radius 1 is 1.17 bits per heavy atom. The molecule has 2 bridgehead atoms. The Kier molecular flexibility index (Phi) is 1.52. The van der Waals surface area contributed by atoms with Gasteiger partial charge in [0.15, 0.2) is 0 Å². The van der Waals surface area contributed by atoms with Crippen molar-refractivity contribution in [1.29, 1.82) is 0 Å². The fourth-order valence-corrected chi connectivity index (χ4v) is 4.17. The molecular formula is C11H19N. The van der Waals surface area contributed by atoms with E-state index in [1.807, 2.05) is 0 Å². The van der Waals surface area contributed by atoms with Crippen LogP contribution in [-0.4, -0.2) is 12.6 Å². The first-order chi connectivity index (χ1) is 5.90. The zero-order chi connectivity index (χ0) is 8.13. The van der Waals surface area contributed by atoms with Crippen LogP contribution in [0.4, 0.5) is 0 Å². The maximum Gasteiger partial charge on any atom is 0.0103 e. The smallest absolute Gasteiger partial charge is 0.0103 e. The molecule has 0 aromatic heterocycles. The van der Waals surface area contributed by atoms with Gasteiger partial charge in [-0.3, -0.25) is 0 Å². The molecule has 3 rings (SSSR count). The first-order valence-electron chi connectivity index (χ1n) is 5.63. The van der Waals surface area contributed by atoms with Crippen molar-refractivity contribution in [1.82, 2.24) is 5.32 Å². The van der Waals surface area contributed by atoms with E-state index in [2.05, 4.69) is 12.2 Å². The molecule has 2 unspecified atom stereocenters. The molecule has 0 heterocycles. The molecule has 0 aromatic rings. The van der Waals surface area contributed by atoms with Crippen LogP contribution in [0.5, 0.6) is 0 Å². The van der Waals surface area contributed by atoms with Gasteiger partial charge in [-0.25, -0.2) is 0 Å². The van der Waals surface area contributed by atoms with Gasteiger partial charge in [0.05, 0.1) is 0 Å². The fraction of sp³-hybridized carbons (Fsp3) is 1.00.